The first kappa shape index (κ1) is 14.5. The van der Waals surface area contributed by atoms with Gasteiger partial charge in [0.05, 0.1) is 23.9 Å². The molecule has 0 saturated heterocycles. The molecule has 1 aliphatic rings. The van der Waals surface area contributed by atoms with E-state index in [4.69, 9.17) is 11.6 Å². The first-order chi connectivity index (χ1) is 10.1. The molecule has 2 heterocycles. The summed E-state index contributed by atoms with van der Waals surface area (Å²) in [5, 5.41) is 22.4. The zero-order chi connectivity index (χ0) is 14.8. The van der Waals surface area contributed by atoms with Crippen molar-refractivity contribution in [2.75, 3.05) is 0 Å². The average molecular weight is 311 g/mol. The van der Waals surface area contributed by atoms with E-state index in [-0.39, 0.29) is 12.1 Å². The van der Waals surface area contributed by atoms with E-state index in [9.17, 15) is 5.11 Å². The molecular weight excluding hydrogens is 292 g/mol. The third kappa shape index (κ3) is 3.42. The van der Waals surface area contributed by atoms with Gasteiger partial charge in [-0.2, -0.15) is 10.2 Å². The topological polar surface area (TPSA) is 80.8 Å². The Hall–Kier alpha value is -1.44. The Bertz CT molecular complexity index is 597. The summed E-state index contributed by atoms with van der Waals surface area (Å²) < 4.78 is 3.57. The standard InChI is InChI=1S/C13H19ClN6O/c1-19-13(16-8-18-19)5-15-11-2-9(3-12(11)21)6-20-7-10(14)4-17-20/h4,7-9,11-12,15,21H,2-3,5-6H2,1H3/t9?,11-,12-/m1/s1. The Morgan fingerprint density at radius 1 is 1.43 bits per heavy atom. The largest absolute Gasteiger partial charge is 0.391 e. The molecule has 1 unspecified atom stereocenters. The fourth-order valence-electron chi connectivity index (χ4n) is 2.89. The van der Waals surface area contributed by atoms with Gasteiger partial charge in [0.1, 0.15) is 12.2 Å². The highest BCUT2D eigenvalue weighted by Gasteiger charge is 2.33. The van der Waals surface area contributed by atoms with E-state index in [1.54, 1.807) is 10.9 Å². The predicted molar refractivity (Wildman–Crippen MR) is 77.6 cm³/mol. The molecule has 2 N–H and O–H groups in total. The van der Waals surface area contributed by atoms with E-state index in [0.717, 1.165) is 25.2 Å². The molecular formula is C13H19ClN6O. The normalized spacial score (nSPS) is 25.6. The SMILES string of the molecule is Cn1ncnc1CN[C@@H]1CC(Cn2cc(Cl)cn2)C[C@H]1O. The van der Waals surface area contributed by atoms with Crippen molar-refractivity contribution in [3.8, 4) is 0 Å². The van der Waals surface area contributed by atoms with Crippen molar-refractivity contribution >= 4 is 11.6 Å². The van der Waals surface area contributed by atoms with Gasteiger partial charge in [-0.3, -0.25) is 9.36 Å². The van der Waals surface area contributed by atoms with Crippen molar-refractivity contribution in [1.82, 2.24) is 29.9 Å². The number of nitrogens with zero attached hydrogens (tertiary/aromatic N) is 5. The molecule has 114 valence electrons. The maximum absolute atomic E-state index is 10.2. The van der Waals surface area contributed by atoms with Crippen LogP contribution in [0.15, 0.2) is 18.7 Å². The van der Waals surface area contributed by atoms with Crippen LogP contribution < -0.4 is 5.32 Å². The molecule has 0 amide bonds. The highest BCUT2D eigenvalue weighted by molar-refractivity contribution is 6.30. The van der Waals surface area contributed by atoms with Gasteiger partial charge in [0.2, 0.25) is 0 Å². The second kappa shape index (κ2) is 6.13. The van der Waals surface area contributed by atoms with Crippen molar-refractivity contribution in [3.05, 3.63) is 29.6 Å². The quantitative estimate of drug-likeness (QED) is 0.845. The van der Waals surface area contributed by atoms with Crippen molar-refractivity contribution in [2.45, 2.75) is 38.1 Å². The number of hydrogen-bond acceptors (Lipinski definition) is 5. The molecule has 8 heteroatoms. The summed E-state index contributed by atoms with van der Waals surface area (Å²) in [6.07, 6.45) is 6.33. The number of aliphatic hydroxyl groups is 1. The van der Waals surface area contributed by atoms with Crippen LogP contribution in [0.1, 0.15) is 18.7 Å². The van der Waals surface area contributed by atoms with Gasteiger partial charge < -0.3 is 10.4 Å². The Balaban J connectivity index is 1.52. The van der Waals surface area contributed by atoms with Gasteiger partial charge in [0, 0.05) is 25.8 Å². The van der Waals surface area contributed by atoms with Crippen LogP contribution in [0.3, 0.4) is 0 Å². The zero-order valence-electron chi connectivity index (χ0n) is 11.9. The average Bonchev–Trinajstić information content (AvgIpc) is 3.11. The summed E-state index contributed by atoms with van der Waals surface area (Å²) >= 11 is 5.86. The lowest BCUT2D eigenvalue weighted by Gasteiger charge is -2.15. The second-order valence-corrected chi connectivity index (χ2v) is 6.01. The van der Waals surface area contributed by atoms with Gasteiger partial charge in [-0.1, -0.05) is 11.6 Å². The number of aromatic nitrogens is 5. The smallest absolute Gasteiger partial charge is 0.140 e. The van der Waals surface area contributed by atoms with E-state index in [1.807, 2.05) is 17.9 Å². The molecule has 2 aromatic heterocycles. The van der Waals surface area contributed by atoms with Gasteiger partial charge in [-0.25, -0.2) is 4.98 Å². The van der Waals surface area contributed by atoms with E-state index < -0.39 is 0 Å². The minimum atomic E-state index is -0.339. The molecule has 2 aromatic rings. The van der Waals surface area contributed by atoms with Crippen LogP contribution in [0, 0.1) is 5.92 Å². The number of rotatable bonds is 5. The molecule has 3 rings (SSSR count). The van der Waals surface area contributed by atoms with Crippen LogP contribution in [0.4, 0.5) is 0 Å². The number of aliphatic hydroxyl groups excluding tert-OH is 1. The van der Waals surface area contributed by atoms with Gasteiger partial charge in [0.15, 0.2) is 0 Å². The molecule has 0 bridgehead atoms. The third-order valence-corrected chi connectivity index (χ3v) is 4.20. The van der Waals surface area contributed by atoms with E-state index in [0.29, 0.717) is 17.5 Å². The maximum atomic E-state index is 10.2. The summed E-state index contributed by atoms with van der Waals surface area (Å²) in [5.41, 5.74) is 0. The lowest BCUT2D eigenvalue weighted by Crippen LogP contribution is -2.35. The number of aryl methyl sites for hydroxylation is 1. The first-order valence-corrected chi connectivity index (χ1v) is 7.42. The Morgan fingerprint density at radius 2 is 2.29 bits per heavy atom. The monoisotopic (exact) mass is 310 g/mol. The Kier molecular flexibility index (Phi) is 4.23. The van der Waals surface area contributed by atoms with Gasteiger partial charge in [0.25, 0.3) is 0 Å². The van der Waals surface area contributed by atoms with Crippen LogP contribution in [-0.2, 0) is 20.1 Å². The molecule has 0 aliphatic heterocycles. The molecule has 1 saturated carbocycles. The zero-order valence-corrected chi connectivity index (χ0v) is 12.6. The van der Waals surface area contributed by atoms with Crippen molar-refractivity contribution in [1.29, 1.82) is 0 Å². The van der Waals surface area contributed by atoms with Crippen molar-refractivity contribution in [3.63, 3.8) is 0 Å². The molecule has 0 spiro atoms. The van der Waals surface area contributed by atoms with Crippen LogP contribution in [0.25, 0.3) is 0 Å². The molecule has 1 fully saturated rings. The van der Waals surface area contributed by atoms with Gasteiger partial charge >= 0.3 is 0 Å². The fraction of sp³-hybridized carbons (Fsp3) is 0.615. The van der Waals surface area contributed by atoms with E-state index in [1.165, 1.54) is 6.33 Å². The highest BCUT2D eigenvalue weighted by Crippen LogP contribution is 2.27. The lowest BCUT2D eigenvalue weighted by molar-refractivity contribution is 0.145. The Morgan fingerprint density at radius 3 is 2.95 bits per heavy atom. The first-order valence-electron chi connectivity index (χ1n) is 7.04. The number of halogens is 1. The fourth-order valence-corrected chi connectivity index (χ4v) is 3.05. The van der Waals surface area contributed by atoms with Crippen LogP contribution in [0.2, 0.25) is 5.02 Å². The van der Waals surface area contributed by atoms with Gasteiger partial charge in [-0.15, -0.1) is 0 Å². The molecule has 0 aromatic carbocycles. The molecule has 3 atom stereocenters. The van der Waals surface area contributed by atoms with E-state index >= 15 is 0 Å². The second-order valence-electron chi connectivity index (χ2n) is 5.57. The summed E-state index contributed by atoms with van der Waals surface area (Å²) in [6.45, 7) is 1.39. The maximum Gasteiger partial charge on any atom is 0.140 e. The minimum Gasteiger partial charge on any atom is -0.391 e. The Labute approximate surface area is 127 Å². The van der Waals surface area contributed by atoms with Crippen LogP contribution in [-0.4, -0.2) is 41.8 Å². The number of hydrogen-bond donors (Lipinski definition) is 2. The lowest BCUT2D eigenvalue weighted by atomic mass is 10.1. The summed E-state index contributed by atoms with van der Waals surface area (Å²) in [5.74, 6) is 1.26. The minimum absolute atomic E-state index is 0.0812. The predicted octanol–water partition coefficient (Wildman–Crippen LogP) is 0.594. The molecule has 21 heavy (non-hydrogen) atoms. The number of nitrogens with one attached hydrogen (secondary N) is 1. The molecule has 1 aliphatic carbocycles. The van der Waals surface area contributed by atoms with Crippen LogP contribution in [0.5, 0.6) is 0 Å². The van der Waals surface area contributed by atoms with Crippen molar-refractivity contribution < 1.29 is 5.11 Å². The summed E-state index contributed by atoms with van der Waals surface area (Å²) in [7, 11) is 1.86. The summed E-state index contributed by atoms with van der Waals surface area (Å²) in [6, 6.07) is 0.0812. The third-order valence-electron chi connectivity index (χ3n) is 4.00. The van der Waals surface area contributed by atoms with Crippen LogP contribution >= 0.6 is 11.6 Å². The van der Waals surface area contributed by atoms with E-state index in [2.05, 4.69) is 20.5 Å². The molecule has 7 nitrogen and oxygen atoms in total. The highest BCUT2D eigenvalue weighted by atomic mass is 35.5. The molecule has 0 radical (unpaired) electrons. The summed E-state index contributed by atoms with van der Waals surface area (Å²) in [4.78, 5) is 4.17. The van der Waals surface area contributed by atoms with Crippen molar-refractivity contribution in [2.24, 2.45) is 13.0 Å². The van der Waals surface area contributed by atoms with Gasteiger partial charge in [-0.05, 0) is 18.8 Å².